The van der Waals surface area contributed by atoms with E-state index in [0.29, 0.717) is 11.3 Å². The van der Waals surface area contributed by atoms with Crippen LogP contribution < -0.4 is 16.0 Å². The molecule has 25 heavy (non-hydrogen) atoms. The Morgan fingerprint density at radius 1 is 1.16 bits per heavy atom. The minimum absolute atomic E-state index is 0.0792. The third-order valence-electron chi connectivity index (χ3n) is 3.85. The number of urea groups is 1. The van der Waals surface area contributed by atoms with E-state index < -0.39 is 23.8 Å². The van der Waals surface area contributed by atoms with Gasteiger partial charge in [0, 0.05) is 10.2 Å². The molecule has 0 aromatic heterocycles. The number of benzene rings is 2. The van der Waals surface area contributed by atoms with Gasteiger partial charge in [0.2, 0.25) is 0 Å². The topological polar surface area (TPSA) is 70.2 Å². The van der Waals surface area contributed by atoms with Gasteiger partial charge in [-0.25, -0.2) is 9.18 Å². The molecule has 2 aromatic carbocycles. The lowest BCUT2D eigenvalue weighted by molar-refractivity contribution is -0.113. The maximum absolute atomic E-state index is 13.8. The lowest BCUT2D eigenvalue weighted by atomic mass is 9.95. The average molecular weight is 404 g/mol. The molecule has 0 fully saturated rings. The molecule has 7 heteroatoms. The van der Waals surface area contributed by atoms with Gasteiger partial charge in [-0.2, -0.15) is 0 Å². The minimum Gasteiger partial charge on any atom is -0.327 e. The zero-order valence-electron chi connectivity index (χ0n) is 13.3. The van der Waals surface area contributed by atoms with E-state index in [1.54, 1.807) is 19.1 Å². The second-order valence-corrected chi connectivity index (χ2v) is 6.38. The molecule has 0 bridgehead atoms. The first-order valence-electron chi connectivity index (χ1n) is 7.56. The zero-order valence-corrected chi connectivity index (χ0v) is 14.9. The first-order chi connectivity index (χ1) is 12.0. The fraction of sp³-hybridized carbons (Fsp3) is 0.111. The Balaban J connectivity index is 1.99. The molecule has 0 radical (unpaired) electrons. The molecule has 0 spiro atoms. The summed E-state index contributed by atoms with van der Waals surface area (Å²) in [6, 6.07) is 12.1. The van der Waals surface area contributed by atoms with Crippen molar-refractivity contribution in [2.24, 2.45) is 0 Å². The van der Waals surface area contributed by atoms with Crippen LogP contribution in [0.3, 0.4) is 0 Å². The summed E-state index contributed by atoms with van der Waals surface area (Å²) in [4.78, 5) is 24.7. The van der Waals surface area contributed by atoms with Gasteiger partial charge in [-0.05, 0) is 30.7 Å². The van der Waals surface area contributed by atoms with E-state index >= 15 is 0 Å². The van der Waals surface area contributed by atoms with Crippen molar-refractivity contribution in [3.8, 4) is 0 Å². The number of halogens is 2. The van der Waals surface area contributed by atoms with Gasteiger partial charge in [0.05, 0.1) is 17.3 Å². The molecule has 0 aliphatic carbocycles. The summed E-state index contributed by atoms with van der Waals surface area (Å²) in [5.41, 5.74) is 1.54. The minimum atomic E-state index is -0.656. The molecule has 0 saturated heterocycles. The van der Waals surface area contributed by atoms with Gasteiger partial charge in [-0.15, -0.1) is 0 Å². The summed E-state index contributed by atoms with van der Waals surface area (Å²) in [5, 5.41) is 7.90. The predicted octanol–water partition coefficient (Wildman–Crippen LogP) is 3.85. The quantitative estimate of drug-likeness (QED) is 0.728. The maximum Gasteiger partial charge on any atom is 0.319 e. The number of hydrogen-bond acceptors (Lipinski definition) is 2. The van der Waals surface area contributed by atoms with E-state index in [0.717, 1.165) is 10.0 Å². The third-order valence-corrected chi connectivity index (χ3v) is 4.57. The molecule has 128 valence electrons. The van der Waals surface area contributed by atoms with Gasteiger partial charge >= 0.3 is 6.03 Å². The number of para-hydroxylation sites is 1. The molecule has 0 saturated carbocycles. The summed E-state index contributed by atoms with van der Waals surface area (Å²) in [7, 11) is 0. The molecule has 0 unspecified atom stereocenters. The van der Waals surface area contributed by atoms with E-state index in [-0.39, 0.29) is 5.69 Å². The van der Waals surface area contributed by atoms with Gasteiger partial charge in [-0.1, -0.05) is 46.3 Å². The number of anilines is 1. The molecule has 1 aliphatic rings. The van der Waals surface area contributed by atoms with Crippen LogP contribution in [0.5, 0.6) is 0 Å². The van der Waals surface area contributed by atoms with Crippen molar-refractivity contribution in [3.63, 3.8) is 0 Å². The van der Waals surface area contributed by atoms with Crippen molar-refractivity contribution < 1.29 is 14.0 Å². The van der Waals surface area contributed by atoms with Gasteiger partial charge in [0.1, 0.15) is 5.82 Å². The van der Waals surface area contributed by atoms with Crippen LogP contribution in [0, 0.1) is 5.82 Å². The molecule has 1 heterocycles. The fourth-order valence-corrected chi connectivity index (χ4v) is 3.20. The molecule has 3 N–H and O–H groups in total. The Bertz CT molecular complexity index is 882. The van der Waals surface area contributed by atoms with Gasteiger partial charge < -0.3 is 16.0 Å². The summed E-state index contributed by atoms with van der Waals surface area (Å²) in [5.74, 6) is -1.02. The van der Waals surface area contributed by atoms with Crippen molar-refractivity contribution in [3.05, 3.63) is 75.7 Å². The summed E-state index contributed by atoms with van der Waals surface area (Å²) in [6.07, 6.45) is 0. The zero-order chi connectivity index (χ0) is 18.0. The van der Waals surface area contributed by atoms with Crippen LogP contribution >= 0.6 is 15.9 Å². The van der Waals surface area contributed by atoms with Crippen LogP contribution in [-0.2, 0) is 4.79 Å². The average Bonchev–Trinajstić information content (AvgIpc) is 2.56. The Labute approximate surface area is 152 Å². The molecule has 5 nitrogen and oxygen atoms in total. The first-order valence-corrected chi connectivity index (χ1v) is 8.35. The monoisotopic (exact) mass is 403 g/mol. The standard InChI is InChI=1S/C18H15BrFN3O2/c1-10-15(17(24)22-14-9-5-4-8-13(14)20)16(23-18(25)21-10)11-6-2-3-7-12(11)19/h2-9,16H,1H3,(H,22,24)(H2,21,23,25)/t16-/m0/s1. The highest BCUT2D eigenvalue weighted by Gasteiger charge is 2.32. The highest BCUT2D eigenvalue weighted by atomic mass is 79.9. The van der Waals surface area contributed by atoms with Crippen LogP contribution in [-0.4, -0.2) is 11.9 Å². The van der Waals surface area contributed by atoms with Gasteiger partial charge in [-0.3, -0.25) is 4.79 Å². The normalized spacial score (nSPS) is 16.9. The number of carbonyl (C=O) groups is 2. The SMILES string of the molecule is CC1=C(C(=O)Nc2ccccc2F)[C@H](c2ccccc2Br)NC(=O)N1. The third kappa shape index (κ3) is 3.56. The Kier molecular flexibility index (Phi) is 4.85. The van der Waals surface area contributed by atoms with Crippen LogP contribution in [0.1, 0.15) is 18.5 Å². The number of allylic oxidation sites excluding steroid dienone is 1. The number of carbonyl (C=O) groups excluding carboxylic acids is 2. The van der Waals surface area contributed by atoms with Crippen molar-refractivity contribution >= 4 is 33.6 Å². The molecule has 3 amide bonds. The Morgan fingerprint density at radius 2 is 1.84 bits per heavy atom. The molecular formula is C18H15BrFN3O2. The van der Waals surface area contributed by atoms with Crippen LogP contribution in [0.4, 0.5) is 14.9 Å². The molecule has 3 rings (SSSR count). The van der Waals surface area contributed by atoms with E-state index in [9.17, 15) is 14.0 Å². The molecule has 1 aliphatic heterocycles. The van der Waals surface area contributed by atoms with Crippen LogP contribution in [0.25, 0.3) is 0 Å². The summed E-state index contributed by atoms with van der Waals surface area (Å²) in [6.45, 7) is 1.64. The van der Waals surface area contributed by atoms with Crippen molar-refractivity contribution in [2.75, 3.05) is 5.32 Å². The molecule has 2 aromatic rings. The molecular weight excluding hydrogens is 389 g/mol. The lowest BCUT2D eigenvalue weighted by Gasteiger charge is -2.29. The van der Waals surface area contributed by atoms with Crippen molar-refractivity contribution in [1.82, 2.24) is 10.6 Å². The second-order valence-electron chi connectivity index (χ2n) is 5.53. The first kappa shape index (κ1) is 17.2. The number of amides is 3. The van der Waals surface area contributed by atoms with Crippen molar-refractivity contribution in [2.45, 2.75) is 13.0 Å². The van der Waals surface area contributed by atoms with E-state index in [1.165, 1.54) is 12.1 Å². The Hall–Kier alpha value is -2.67. The number of nitrogens with one attached hydrogen (secondary N) is 3. The maximum atomic E-state index is 13.8. The van der Waals surface area contributed by atoms with Crippen molar-refractivity contribution in [1.29, 1.82) is 0 Å². The highest BCUT2D eigenvalue weighted by Crippen LogP contribution is 2.32. The van der Waals surface area contributed by atoms with Gasteiger partial charge in [0.25, 0.3) is 5.91 Å². The predicted molar refractivity (Wildman–Crippen MR) is 96.3 cm³/mol. The van der Waals surface area contributed by atoms with Crippen LogP contribution in [0.15, 0.2) is 64.3 Å². The smallest absolute Gasteiger partial charge is 0.319 e. The molecule has 1 atom stereocenters. The highest BCUT2D eigenvalue weighted by molar-refractivity contribution is 9.10. The van der Waals surface area contributed by atoms with Gasteiger partial charge in [0.15, 0.2) is 0 Å². The van der Waals surface area contributed by atoms with E-state index in [2.05, 4.69) is 31.9 Å². The summed E-state index contributed by atoms with van der Waals surface area (Å²) >= 11 is 3.44. The fourth-order valence-electron chi connectivity index (χ4n) is 2.69. The second kappa shape index (κ2) is 7.06. The van der Waals surface area contributed by atoms with E-state index in [4.69, 9.17) is 0 Å². The van der Waals surface area contributed by atoms with E-state index in [1.807, 2.05) is 24.3 Å². The number of rotatable bonds is 3. The summed E-state index contributed by atoms with van der Waals surface area (Å²) < 4.78 is 14.6. The van der Waals surface area contributed by atoms with Crippen LogP contribution in [0.2, 0.25) is 0 Å². The lowest BCUT2D eigenvalue weighted by Crippen LogP contribution is -2.46. The largest absolute Gasteiger partial charge is 0.327 e. The number of hydrogen-bond donors (Lipinski definition) is 3. The Morgan fingerprint density at radius 3 is 2.56 bits per heavy atom.